The van der Waals surface area contributed by atoms with Crippen LogP contribution in [0.1, 0.15) is 0 Å². The number of hydrogen-bond acceptors (Lipinski definition) is 1. The van der Waals surface area contributed by atoms with Crippen LogP contribution in [0.2, 0.25) is 0 Å². The number of hydrogen-bond donors (Lipinski definition) is 0. The molecule has 0 radical (unpaired) electrons. The van der Waals surface area contributed by atoms with Gasteiger partial charge in [-0.25, -0.2) is 0 Å². The fraction of sp³-hybridized carbons (Fsp3) is 0. The van der Waals surface area contributed by atoms with Crippen molar-refractivity contribution in [3.8, 4) is 44.5 Å². The molecule has 0 bridgehead atoms. The predicted molar refractivity (Wildman–Crippen MR) is 243 cm³/mol. The molecule has 57 heavy (non-hydrogen) atoms. The van der Waals surface area contributed by atoms with Crippen molar-refractivity contribution < 1.29 is 4.42 Å². The Hall–Kier alpha value is -7.48. The molecule has 1 aromatic heterocycles. The molecule has 11 aromatic carbocycles. The maximum Gasteiger partial charge on any atom is 0.143 e. The van der Waals surface area contributed by atoms with Gasteiger partial charge in [0, 0.05) is 21.7 Å². The average molecular weight is 723 g/mol. The van der Waals surface area contributed by atoms with Gasteiger partial charge in [-0.05, 0) is 118 Å². The Bertz CT molecular complexity index is 3510. The molecule has 1 heterocycles. The Morgan fingerprint density at radius 2 is 0.754 bits per heavy atom. The Labute approximate surface area is 329 Å². The minimum atomic E-state index is 0.924. The zero-order valence-corrected chi connectivity index (χ0v) is 31.0. The van der Waals surface area contributed by atoms with Crippen molar-refractivity contribution in [2.45, 2.75) is 0 Å². The van der Waals surface area contributed by atoms with E-state index < -0.39 is 0 Å². The van der Waals surface area contributed by atoms with Crippen molar-refractivity contribution in [2.75, 3.05) is 0 Å². The Balaban J connectivity index is 1.14. The molecule has 0 saturated carbocycles. The summed E-state index contributed by atoms with van der Waals surface area (Å²) in [6, 6.07) is 75.3. The van der Waals surface area contributed by atoms with Gasteiger partial charge in [0.1, 0.15) is 11.2 Å². The lowest BCUT2D eigenvalue weighted by Crippen LogP contribution is -1.93. The van der Waals surface area contributed by atoms with Gasteiger partial charge in [-0.15, -0.1) is 0 Å². The van der Waals surface area contributed by atoms with E-state index >= 15 is 0 Å². The number of furan rings is 1. The second-order valence-electron chi connectivity index (χ2n) is 15.1. The van der Waals surface area contributed by atoms with Crippen molar-refractivity contribution >= 4 is 75.8 Å². The number of rotatable bonds is 4. The van der Waals surface area contributed by atoms with Crippen molar-refractivity contribution in [3.63, 3.8) is 0 Å². The molecular formula is C56H34O. The highest BCUT2D eigenvalue weighted by Gasteiger charge is 2.21. The summed E-state index contributed by atoms with van der Waals surface area (Å²) in [5.74, 6) is 0. The van der Waals surface area contributed by atoms with E-state index in [1.165, 1.54) is 81.9 Å². The lowest BCUT2D eigenvalue weighted by molar-refractivity contribution is 0.674. The van der Waals surface area contributed by atoms with Crippen molar-refractivity contribution in [3.05, 3.63) is 206 Å². The first-order chi connectivity index (χ1) is 28.3. The zero-order valence-electron chi connectivity index (χ0n) is 31.0. The summed E-state index contributed by atoms with van der Waals surface area (Å²) in [4.78, 5) is 0. The first-order valence-corrected chi connectivity index (χ1v) is 19.7. The van der Waals surface area contributed by atoms with Crippen LogP contribution < -0.4 is 0 Å². The molecule has 12 rings (SSSR count). The predicted octanol–water partition coefficient (Wildman–Crippen LogP) is 16.0. The fourth-order valence-corrected chi connectivity index (χ4v) is 9.46. The molecule has 0 saturated heterocycles. The molecule has 12 aromatic rings. The van der Waals surface area contributed by atoms with Gasteiger partial charge in [-0.3, -0.25) is 0 Å². The van der Waals surface area contributed by atoms with Crippen LogP contribution in [0.25, 0.3) is 120 Å². The molecule has 0 fully saturated rings. The summed E-state index contributed by atoms with van der Waals surface area (Å²) >= 11 is 0. The van der Waals surface area contributed by atoms with Gasteiger partial charge in [0.25, 0.3) is 0 Å². The number of fused-ring (bicyclic) bond motifs is 9. The lowest BCUT2D eigenvalue weighted by Gasteiger charge is -2.20. The van der Waals surface area contributed by atoms with E-state index in [1.807, 2.05) is 0 Å². The van der Waals surface area contributed by atoms with E-state index in [0.29, 0.717) is 0 Å². The molecule has 1 nitrogen and oxygen atoms in total. The molecule has 0 aliphatic carbocycles. The SMILES string of the molecule is c1ccc(-c2cc(-c3c4ccccc4c(-c4cccc(-c5c6ccccc6cc6c5oc5c7ccccc7ccc65)c4)c4ccccc34)c3ccccc3c2)cc1. The zero-order chi connectivity index (χ0) is 37.5. The lowest BCUT2D eigenvalue weighted by atomic mass is 9.83. The average Bonchev–Trinajstić information content (AvgIpc) is 3.66. The van der Waals surface area contributed by atoms with Crippen LogP contribution in [-0.4, -0.2) is 0 Å². The Morgan fingerprint density at radius 1 is 0.228 bits per heavy atom. The summed E-state index contributed by atoms with van der Waals surface area (Å²) in [6.07, 6.45) is 0. The third-order valence-electron chi connectivity index (χ3n) is 12.0. The van der Waals surface area contributed by atoms with Gasteiger partial charge in [-0.1, -0.05) is 176 Å². The maximum atomic E-state index is 6.99. The Kier molecular flexibility index (Phi) is 7.00. The molecule has 0 amide bonds. The van der Waals surface area contributed by atoms with Crippen LogP contribution in [0.4, 0.5) is 0 Å². The van der Waals surface area contributed by atoms with Crippen molar-refractivity contribution in [2.24, 2.45) is 0 Å². The molecule has 264 valence electrons. The Morgan fingerprint density at radius 3 is 1.46 bits per heavy atom. The minimum absolute atomic E-state index is 0.924. The van der Waals surface area contributed by atoms with E-state index in [1.54, 1.807) is 0 Å². The normalized spacial score (nSPS) is 11.9. The topological polar surface area (TPSA) is 13.1 Å². The third kappa shape index (κ3) is 4.89. The summed E-state index contributed by atoms with van der Waals surface area (Å²) in [5, 5.41) is 14.4. The van der Waals surface area contributed by atoms with Crippen LogP contribution in [0.15, 0.2) is 211 Å². The van der Waals surface area contributed by atoms with Gasteiger partial charge in [-0.2, -0.15) is 0 Å². The largest absolute Gasteiger partial charge is 0.455 e. The molecule has 0 unspecified atom stereocenters. The van der Waals surface area contributed by atoms with Gasteiger partial charge in [0.2, 0.25) is 0 Å². The van der Waals surface area contributed by atoms with E-state index in [0.717, 1.165) is 38.5 Å². The first kappa shape index (κ1) is 31.8. The molecular weight excluding hydrogens is 689 g/mol. The molecule has 1 heteroatoms. The third-order valence-corrected chi connectivity index (χ3v) is 12.0. The van der Waals surface area contributed by atoms with E-state index in [4.69, 9.17) is 4.42 Å². The van der Waals surface area contributed by atoms with Crippen molar-refractivity contribution in [1.82, 2.24) is 0 Å². The second-order valence-corrected chi connectivity index (χ2v) is 15.1. The van der Waals surface area contributed by atoms with Crippen LogP contribution in [-0.2, 0) is 0 Å². The second kappa shape index (κ2) is 12.5. The van der Waals surface area contributed by atoms with E-state index in [2.05, 4.69) is 206 Å². The van der Waals surface area contributed by atoms with Crippen LogP contribution in [0, 0.1) is 0 Å². The van der Waals surface area contributed by atoms with Gasteiger partial charge >= 0.3 is 0 Å². The quantitative estimate of drug-likeness (QED) is 0.165. The van der Waals surface area contributed by atoms with Gasteiger partial charge < -0.3 is 4.42 Å². The molecule has 0 aliphatic rings. The fourth-order valence-electron chi connectivity index (χ4n) is 9.46. The highest BCUT2D eigenvalue weighted by atomic mass is 16.3. The highest BCUT2D eigenvalue weighted by Crippen LogP contribution is 2.48. The molecule has 0 aliphatic heterocycles. The van der Waals surface area contributed by atoms with Gasteiger partial charge in [0.15, 0.2) is 0 Å². The highest BCUT2D eigenvalue weighted by molar-refractivity contribution is 6.25. The molecule has 0 atom stereocenters. The molecule has 0 spiro atoms. The number of benzene rings is 11. The maximum absolute atomic E-state index is 6.99. The summed E-state index contributed by atoms with van der Waals surface area (Å²) in [6.45, 7) is 0. The van der Waals surface area contributed by atoms with Crippen LogP contribution in [0.3, 0.4) is 0 Å². The van der Waals surface area contributed by atoms with E-state index in [-0.39, 0.29) is 0 Å². The minimum Gasteiger partial charge on any atom is -0.455 e. The van der Waals surface area contributed by atoms with Gasteiger partial charge in [0.05, 0.1) is 0 Å². The summed E-state index contributed by atoms with van der Waals surface area (Å²) < 4.78 is 6.99. The van der Waals surface area contributed by atoms with Crippen molar-refractivity contribution in [1.29, 1.82) is 0 Å². The first-order valence-electron chi connectivity index (χ1n) is 19.7. The molecule has 0 N–H and O–H groups in total. The summed E-state index contributed by atoms with van der Waals surface area (Å²) in [7, 11) is 0. The van der Waals surface area contributed by atoms with Crippen LogP contribution in [0.5, 0.6) is 0 Å². The smallest absolute Gasteiger partial charge is 0.143 e. The monoisotopic (exact) mass is 722 g/mol. The van der Waals surface area contributed by atoms with E-state index in [9.17, 15) is 0 Å². The van der Waals surface area contributed by atoms with Crippen LogP contribution >= 0.6 is 0 Å². The standard InChI is InChI=1S/C56H34O/c1-2-15-35(16-3-1)41-31-37-18-5-7-22-42(37)50(34-41)54-47-27-12-10-25-45(47)52(46-26-11-13-28-48(46)54)39-20-14-21-40(32-39)53-43-23-8-6-19-38(43)33-51-49-30-29-36-17-4-9-24-44(36)55(49)57-56(51)53/h1-34H. The summed E-state index contributed by atoms with van der Waals surface area (Å²) in [5.41, 5.74) is 11.5.